The van der Waals surface area contributed by atoms with E-state index in [4.69, 9.17) is 14.6 Å². The molecule has 2 saturated heterocycles. The zero-order valence-corrected chi connectivity index (χ0v) is 22.3. The standard InChI is InChI=1S/C29H35N5O5/c1-38-25-18-23-24(19-26(25)39-16-4-11-32-9-2-3-10-32)30-20-31-28(23)34-14-12-33(13-15-34)27(35)17-21-5-7-22(8-6-21)29(36)37/h5-8,18-20H,2-4,9-17H2,1H3,(H,36,37). The molecule has 0 unspecified atom stereocenters. The van der Waals surface area contributed by atoms with E-state index >= 15 is 0 Å². The Bertz CT molecular complexity index is 1300. The minimum Gasteiger partial charge on any atom is -0.493 e. The van der Waals surface area contributed by atoms with E-state index in [1.54, 1.807) is 25.6 Å². The Morgan fingerprint density at radius 1 is 0.949 bits per heavy atom. The molecule has 3 aromatic rings. The number of carboxylic acid groups (broad SMARTS) is 1. The number of methoxy groups -OCH3 is 1. The Morgan fingerprint density at radius 3 is 2.38 bits per heavy atom. The van der Waals surface area contributed by atoms with Crippen LogP contribution >= 0.6 is 0 Å². The highest BCUT2D eigenvalue weighted by Crippen LogP contribution is 2.35. The summed E-state index contributed by atoms with van der Waals surface area (Å²) in [5.74, 6) is 1.20. The number of aromatic carboxylic acids is 1. The number of carbonyl (C=O) groups excluding carboxylic acids is 1. The summed E-state index contributed by atoms with van der Waals surface area (Å²) in [7, 11) is 1.64. The maximum atomic E-state index is 12.9. The summed E-state index contributed by atoms with van der Waals surface area (Å²) in [6.45, 7) is 6.48. The van der Waals surface area contributed by atoms with Crippen molar-refractivity contribution in [1.82, 2.24) is 19.8 Å². The molecule has 0 radical (unpaired) electrons. The normalized spacial score (nSPS) is 16.0. The monoisotopic (exact) mass is 533 g/mol. The third kappa shape index (κ3) is 6.39. The molecule has 2 aromatic carbocycles. The zero-order valence-electron chi connectivity index (χ0n) is 22.3. The van der Waals surface area contributed by atoms with Crippen molar-refractivity contribution in [3.8, 4) is 11.5 Å². The summed E-state index contributed by atoms with van der Waals surface area (Å²) < 4.78 is 11.7. The number of amides is 1. The van der Waals surface area contributed by atoms with E-state index in [2.05, 4.69) is 19.8 Å². The molecule has 1 N–H and O–H groups in total. The van der Waals surface area contributed by atoms with Gasteiger partial charge in [-0.15, -0.1) is 0 Å². The molecule has 0 spiro atoms. The minimum atomic E-state index is -0.976. The SMILES string of the molecule is COc1cc2c(N3CCN(C(=O)Cc4ccc(C(=O)O)cc4)CC3)ncnc2cc1OCCCN1CCCC1. The van der Waals surface area contributed by atoms with Gasteiger partial charge in [-0.2, -0.15) is 0 Å². The number of hydrogen-bond acceptors (Lipinski definition) is 8. The van der Waals surface area contributed by atoms with E-state index in [0.717, 1.165) is 35.2 Å². The van der Waals surface area contributed by atoms with Crippen LogP contribution in [0.25, 0.3) is 10.9 Å². The van der Waals surface area contributed by atoms with Crippen molar-refractivity contribution >= 4 is 28.6 Å². The minimum absolute atomic E-state index is 0.0264. The highest BCUT2D eigenvalue weighted by Gasteiger charge is 2.24. The van der Waals surface area contributed by atoms with Crippen LogP contribution in [0.2, 0.25) is 0 Å². The number of nitrogens with zero attached hydrogens (tertiary/aromatic N) is 5. The Balaban J connectivity index is 1.20. The van der Waals surface area contributed by atoms with Crippen molar-refractivity contribution < 1.29 is 24.2 Å². The number of hydrogen-bond donors (Lipinski definition) is 1. The summed E-state index contributed by atoms with van der Waals surface area (Å²) in [5.41, 5.74) is 1.80. The van der Waals surface area contributed by atoms with Crippen molar-refractivity contribution in [2.75, 3.05) is 64.4 Å². The molecule has 3 heterocycles. The molecule has 0 bridgehead atoms. The third-order valence-corrected chi connectivity index (χ3v) is 7.46. The van der Waals surface area contributed by atoms with Gasteiger partial charge in [-0.3, -0.25) is 4.79 Å². The second kappa shape index (κ2) is 12.3. The van der Waals surface area contributed by atoms with Gasteiger partial charge in [-0.05, 0) is 56.1 Å². The molecule has 10 nitrogen and oxygen atoms in total. The van der Waals surface area contributed by atoms with E-state index in [1.807, 2.05) is 17.0 Å². The van der Waals surface area contributed by atoms with E-state index in [0.29, 0.717) is 44.3 Å². The fraction of sp³-hybridized carbons (Fsp3) is 0.448. The number of anilines is 1. The van der Waals surface area contributed by atoms with Crippen LogP contribution in [0.4, 0.5) is 5.82 Å². The maximum Gasteiger partial charge on any atom is 0.335 e. The van der Waals surface area contributed by atoms with Crippen LogP contribution in [0.15, 0.2) is 42.7 Å². The van der Waals surface area contributed by atoms with Gasteiger partial charge < -0.3 is 29.3 Å². The van der Waals surface area contributed by atoms with E-state index in [-0.39, 0.29) is 17.9 Å². The lowest BCUT2D eigenvalue weighted by atomic mass is 10.1. The van der Waals surface area contributed by atoms with E-state index < -0.39 is 5.97 Å². The topological polar surface area (TPSA) is 108 Å². The van der Waals surface area contributed by atoms with Crippen molar-refractivity contribution in [1.29, 1.82) is 0 Å². The van der Waals surface area contributed by atoms with Gasteiger partial charge in [0.15, 0.2) is 11.5 Å². The first-order valence-corrected chi connectivity index (χ1v) is 13.5. The molecule has 0 saturated carbocycles. The van der Waals surface area contributed by atoms with Crippen LogP contribution in [-0.2, 0) is 11.2 Å². The number of benzene rings is 2. The molecule has 0 atom stereocenters. The number of piperazine rings is 1. The molecule has 1 aromatic heterocycles. The van der Waals surface area contributed by atoms with Crippen LogP contribution in [0.3, 0.4) is 0 Å². The first-order valence-electron chi connectivity index (χ1n) is 13.5. The molecule has 206 valence electrons. The molecule has 2 aliphatic rings. The Hall–Kier alpha value is -3.92. The fourth-order valence-electron chi connectivity index (χ4n) is 5.27. The van der Waals surface area contributed by atoms with Gasteiger partial charge in [0.2, 0.25) is 5.91 Å². The predicted octanol–water partition coefficient (Wildman–Crippen LogP) is 3.09. The summed E-state index contributed by atoms with van der Waals surface area (Å²) in [6, 6.07) is 10.3. The molecule has 1 amide bonds. The Kier molecular flexibility index (Phi) is 8.41. The Morgan fingerprint density at radius 2 is 1.69 bits per heavy atom. The van der Waals surface area contributed by atoms with Crippen molar-refractivity contribution in [3.05, 3.63) is 53.9 Å². The first kappa shape index (κ1) is 26.7. The summed E-state index contributed by atoms with van der Waals surface area (Å²) in [6.07, 6.45) is 5.36. The first-order chi connectivity index (χ1) is 19.0. The average Bonchev–Trinajstić information content (AvgIpc) is 3.48. The second-order valence-electron chi connectivity index (χ2n) is 10.0. The van der Waals surface area contributed by atoms with Crippen molar-refractivity contribution in [2.24, 2.45) is 0 Å². The molecular weight excluding hydrogens is 498 g/mol. The lowest BCUT2D eigenvalue weighted by Gasteiger charge is -2.36. The lowest BCUT2D eigenvalue weighted by molar-refractivity contribution is -0.130. The van der Waals surface area contributed by atoms with Gasteiger partial charge in [-0.1, -0.05) is 12.1 Å². The molecular formula is C29H35N5O5. The molecule has 10 heteroatoms. The number of likely N-dealkylation sites (tertiary alicyclic amines) is 1. The molecule has 39 heavy (non-hydrogen) atoms. The van der Waals surface area contributed by atoms with E-state index in [1.165, 1.54) is 38.1 Å². The third-order valence-electron chi connectivity index (χ3n) is 7.46. The largest absolute Gasteiger partial charge is 0.493 e. The summed E-state index contributed by atoms with van der Waals surface area (Å²) in [5, 5.41) is 9.95. The van der Waals surface area contributed by atoms with Gasteiger partial charge in [-0.25, -0.2) is 14.8 Å². The predicted molar refractivity (Wildman–Crippen MR) is 148 cm³/mol. The zero-order chi connectivity index (χ0) is 27.2. The summed E-state index contributed by atoms with van der Waals surface area (Å²) >= 11 is 0. The number of fused-ring (bicyclic) bond motifs is 1. The average molecular weight is 534 g/mol. The maximum absolute atomic E-state index is 12.9. The van der Waals surface area contributed by atoms with Gasteiger partial charge in [0.05, 0.1) is 31.2 Å². The number of carboxylic acids is 1. The highest BCUT2D eigenvalue weighted by molar-refractivity contribution is 5.92. The summed E-state index contributed by atoms with van der Waals surface area (Å²) in [4.78, 5) is 39.5. The molecule has 0 aliphatic carbocycles. The van der Waals surface area contributed by atoms with Crippen LogP contribution < -0.4 is 14.4 Å². The van der Waals surface area contributed by atoms with Crippen LogP contribution in [0.1, 0.15) is 35.2 Å². The van der Waals surface area contributed by atoms with Crippen LogP contribution in [0, 0.1) is 0 Å². The Labute approximate surface area is 228 Å². The lowest BCUT2D eigenvalue weighted by Crippen LogP contribution is -2.49. The van der Waals surface area contributed by atoms with Crippen molar-refractivity contribution in [3.63, 3.8) is 0 Å². The number of carbonyl (C=O) groups is 2. The number of ether oxygens (including phenoxy) is 2. The molecule has 2 aliphatic heterocycles. The van der Waals surface area contributed by atoms with Crippen molar-refractivity contribution in [2.45, 2.75) is 25.7 Å². The van der Waals surface area contributed by atoms with E-state index in [9.17, 15) is 9.59 Å². The number of rotatable bonds is 10. The quantitative estimate of drug-likeness (QED) is 0.393. The fourth-order valence-corrected chi connectivity index (χ4v) is 5.27. The smallest absolute Gasteiger partial charge is 0.335 e. The van der Waals surface area contributed by atoms with Gasteiger partial charge in [0, 0.05) is 44.2 Å². The van der Waals surface area contributed by atoms with Crippen LogP contribution in [-0.4, -0.2) is 96.3 Å². The highest BCUT2D eigenvalue weighted by atomic mass is 16.5. The second-order valence-corrected chi connectivity index (χ2v) is 10.0. The van der Waals surface area contributed by atoms with Gasteiger partial charge >= 0.3 is 5.97 Å². The molecule has 5 rings (SSSR count). The van der Waals surface area contributed by atoms with Gasteiger partial charge in [0.25, 0.3) is 0 Å². The molecule has 2 fully saturated rings. The van der Waals surface area contributed by atoms with Gasteiger partial charge in [0.1, 0.15) is 12.1 Å². The number of aromatic nitrogens is 2. The van der Waals surface area contributed by atoms with Crippen LogP contribution in [0.5, 0.6) is 11.5 Å².